The van der Waals surface area contributed by atoms with Crippen molar-refractivity contribution in [1.82, 2.24) is 29.8 Å². The summed E-state index contributed by atoms with van der Waals surface area (Å²) in [6.07, 6.45) is 6.51. The van der Waals surface area contributed by atoms with Gasteiger partial charge in [0, 0.05) is 56.3 Å². The molecule has 0 spiro atoms. The number of aromatic amines is 1. The van der Waals surface area contributed by atoms with Gasteiger partial charge in [0.25, 0.3) is 5.91 Å². The lowest BCUT2D eigenvalue weighted by Gasteiger charge is -2.41. The van der Waals surface area contributed by atoms with E-state index in [9.17, 15) is 14.4 Å². The summed E-state index contributed by atoms with van der Waals surface area (Å²) in [4.78, 5) is 48.5. The number of carbonyl (C=O) groups excluding carboxylic acids is 3. The zero-order valence-corrected chi connectivity index (χ0v) is 27.6. The number of nitrogens with zero attached hydrogens (tertiary/aromatic N) is 5. The number of benzene rings is 2. The number of nitrogens with one attached hydrogen (secondary N) is 2. The summed E-state index contributed by atoms with van der Waals surface area (Å²) in [5, 5.41) is 11.2. The van der Waals surface area contributed by atoms with Crippen LogP contribution in [-0.4, -0.2) is 106 Å². The number of urea groups is 1. The maximum Gasteiger partial charge on any atom is 0.410 e. The van der Waals surface area contributed by atoms with Crippen molar-refractivity contribution in [3.63, 3.8) is 0 Å². The number of hydrogen-bond acceptors (Lipinski definition) is 6. The van der Waals surface area contributed by atoms with Crippen molar-refractivity contribution in [2.45, 2.75) is 70.6 Å². The Bertz CT molecular complexity index is 1600. The van der Waals surface area contributed by atoms with Crippen LogP contribution < -0.4 is 5.32 Å². The molecule has 3 aromatic rings. The summed E-state index contributed by atoms with van der Waals surface area (Å²) in [6.45, 7) is 7.23. The Morgan fingerprint density at radius 3 is 2.36 bits per heavy atom. The first-order valence-corrected chi connectivity index (χ1v) is 17.3. The third kappa shape index (κ3) is 6.81. The van der Waals surface area contributed by atoms with Gasteiger partial charge in [0.1, 0.15) is 0 Å². The smallest absolute Gasteiger partial charge is 0.410 e. The van der Waals surface area contributed by atoms with E-state index in [-0.39, 0.29) is 18.0 Å². The molecule has 2 aromatic carbocycles. The third-order valence-corrected chi connectivity index (χ3v) is 11.1. The lowest BCUT2D eigenvalue weighted by Crippen LogP contribution is -2.52. The van der Waals surface area contributed by atoms with Gasteiger partial charge in [0.05, 0.1) is 11.7 Å². The van der Waals surface area contributed by atoms with Gasteiger partial charge in [-0.25, -0.2) is 9.59 Å². The predicted octanol–water partition coefficient (Wildman–Crippen LogP) is 5.01. The van der Waals surface area contributed by atoms with Crippen LogP contribution in [0.3, 0.4) is 0 Å². The summed E-state index contributed by atoms with van der Waals surface area (Å²) in [7, 11) is 2.19. The maximum atomic E-state index is 14.1. The van der Waals surface area contributed by atoms with E-state index in [1.807, 2.05) is 53.1 Å². The molecule has 4 amide bonds. The Morgan fingerprint density at radius 2 is 1.62 bits per heavy atom. The number of fused-ring (bicyclic) bond motifs is 2. The van der Waals surface area contributed by atoms with Crippen LogP contribution in [0.4, 0.5) is 15.3 Å². The molecule has 2 N–H and O–H groups in total. The molecule has 0 aliphatic carbocycles. The van der Waals surface area contributed by atoms with Gasteiger partial charge in [-0.15, -0.1) is 0 Å². The van der Waals surface area contributed by atoms with Gasteiger partial charge in [0.15, 0.2) is 6.10 Å². The van der Waals surface area contributed by atoms with E-state index in [1.165, 1.54) is 12.8 Å². The van der Waals surface area contributed by atoms with Crippen molar-refractivity contribution in [1.29, 1.82) is 0 Å². The fourth-order valence-corrected chi connectivity index (χ4v) is 8.19. The molecule has 4 aliphatic rings. The van der Waals surface area contributed by atoms with Gasteiger partial charge in [-0.3, -0.25) is 9.89 Å². The number of aryl methyl sites for hydroxylation is 1. The summed E-state index contributed by atoms with van der Waals surface area (Å²) >= 11 is 0. The lowest BCUT2D eigenvalue weighted by atomic mass is 9.79. The van der Waals surface area contributed by atoms with E-state index in [0.29, 0.717) is 57.9 Å². The van der Waals surface area contributed by atoms with Crippen LogP contribution in [0.1, 0.15) is 55.2 Å². The molecule has 0 bridgehead atoms. The molecule has 5 heterocycles. The van der Waals surface area contributed by atoms with Crippen LogP contribution in [0.2, 0.25) is 0 Å². The highest BCUT2D eigenvalue weighted by molar-refractivity contribution is 5.92. The summed E-state index contributed by atoms with van der Waals surface area (Å²) in [5.74, 6) is 1.27. The van der Waals surface area contributed by atoms with E-state index in [1.54, 1.807) is 11.1 Å². The monoisotopic (exact) mass is 641 g/mol. The summed E-state index contributed by atoms with van der Waals surface area (Å²) < 4.78 is 6.12. The number of piperidine rings is 3. The molecule has 7 rings (SSSR count). The first kappa shape index (κ1) is 31.5. The maximum absolute atomic E-state index is 14.1. The van der Waals surface area contributed by atoms with E-state index in [0.717, 1.165) is 65.1 Å². The summed E-state index contributed by atoms with van der Waals surface area (Å²) in [5.41, 5.74) is 4.91. The Kier molecular flexibility index (Phi) is 9.07. The molecule has 47 heavy (non-hydrogen) atoms. The fourth-order valence-electron chi connectivity index (χ4n) is 8.19. The van der Waals surface area contributed by atoms with Crippen LogP contribution in [-0.2, 0) is 22.5 Å². The quantitative estimate of drug-likeness (QED) is 0.391. The summed E-state index contributed by atoms with van der Waals surface area (Å²) in [6, 6.07) is 11.9. The average molecular weight is 642 g/mol. The minimum atomic E-state index is -0.909. The number of rotatable bonds is 6. The lowest BCUT2D eigenvalue weighted by molar-refractivity contribution is -0.142. The predicted molar refractivity (Wildman–Crippen MR) is 180 cm³/mol. The zero-order valence-electron chi connectivity index (χ0n) is 27.6. The largest absolute Gasteiger partial charge is 0.436 e. The van der Waals surface area contributed by atoms with Crippen LogP contribution in [0.25, 0.3) is 10.9 Å². The van der Waals surface area contributed by atoms with E-state index in [4.69, 9.17) is 4.74 Å². The molecular weight excluding hydrogens is 594 g/mol. The molecule has 11 heteroatoms. The average Bonchev–Trinajstić information content (AvgIpc) is 3.57. The second kappa shape index (κ2) is 13.5. The van der Waals surface area contributed by atoms with Crippen LogP contribution in [0.5, 0.6) is 0 Å². The standard InChI is InChI=1S/C36H47N7O4/c1-24-19-25(20-29-22-37-39-33(24)29)21-32(34(44)41-15-9-27(10-16-41)26-7-13-40(2)14-8-26)47-36(46)42-17-11-30(12-18-42)43-23-28-5-3-4-6-31(28)38-35(43)45/h3-6,19-20,22,26-27,30,32H,7-18,21,23H2,1-2H3,(H,37,39)(H,38,45). The minimum Gasteiger partial charge on any atom is -0.436 e. The molecule has 1 aromatic heterocycles. The van der Waals surface area contributed by atoms with Crippen LogP contribution in [0.15, 0.2) is 42.6 Å². The number of aromatic nitrogens is 2. The SMILES string of the molecule is Cc1cc(CC(OC(=O)N2CCC(N3Cc4ccccc4NC3=O)CC2)C(=O)N2CCC(C3CCN(C)CC3)CC2)cc2cn[nH]c12. The molecule has 1 atom stereocenters. The number of likely N-dealkylation sites (tertiary alicyclic amines) is 3. The highest BCUT2D eigenvalue weighted by Crippen LogP contribution is 2.33. The van der Waals surface area contributed by atoms with Crippen LogP contribution in [0, 0.1) is 18.8 Å². The topological polar surface area (TPSA) is 114 Å². The molecule has 1 unspecified atom stereocenters. The van der Waals surface area contributed by atoms with E-state index in [2.05, 4.69) is 27.5 Å². The van der Waals surface area contributed by atoms with Crippen molar-refractivity contribution < 1.29 is 19.1 Å². The van der Waals surface area contributed by atoms with Crippen molar-refractivity contribution in [2.24, 2.45) is 11.8 Å². The number of hydrogen-bond donors (Lipinski definition) is 2. The first-order valence-electron chi connectivity index (χ1n) is 17.3. The minimum absolute atomic E-state index is 0.0281. The number of H-pyrrole nitrogens is 1. The molecule has 0 saturated carbocycles. The molecule has 250 valence electrons. The van der Waals surface area contributed by atoms with Gasteiger partial charge in [0.2, 0.25) is 0 Å². The Labute approximate surface area is 276 Å². The highest BCUT2D eigenvalue weighted by Gasteiger charge is 2.37. The number of anilines is 1. The van der Waals surface area contributed by atoms with Crippen molar-refractivity contribution in [3.05, 3.63) is 59.3 Å². The van der Waals surface area contributed by atoms with Gasteiger partial charge >= 0.3 is 12.1 Å². The number of amides is 4. The van der Waals surface area contributed by atoms with Crippen LogP contribution >= 0.6 is 0 Å². The highest BCUT2D eigenvalue weighted by atomic mass is 16.6. The second-order valence-electron chi connectivity index (χ2n) is 14.1. The molecular formula is C36H47N7O4. The third-order valence-electron chi connectivity index (χ3n) is 11.1. The molecule has 11 nitrogen and oxygen atoms in total. The fraction of sp³-hybridized carbons (Fsp3) is 0.556. The Morgan fingerprint density at radius 1 is 0.936 bits per heavy atom. The normalized spacial score (nSPS) is 21.1. The Balaban J connectivity index is 1.00. The van der Waals surface area contributed by atoms with Crippen molar-refractivity contribution in [2.75, 3.05) is 51.6 Å². The number of ether oxygens (including phenoxy) is 1. The van der Waals surface area contributed by atoms with E-state index >= 15 is 0 Å². The molecule has 3 fully saturated rings. The van der Waals surface area contributed by atoms with E-state index < -0.39 is 12.2 Å². The second-order valence-corrected chi connectivity index (χ2v) is 14.1. The molecule has 0 radical (unpaired) electrons. The van der Waals surface area contributed by atoms with Gasteiger partial charge < -0.3 is 29.7 Å². The zero-order chi connectivity index (χ0) is 32.5. The number of carbonyl (C=O) groups is 3. The molecule has 3 saturated heterocycles. The number of para-hydroxylation sites is 1. The van der Waals surface area contributed by atoms with Gasteiger partial charge in [-0.2, -0.15) is 5.10 Å². The van der Waals surface area contributed by atoms with Gasteiger partial charge in [-0.05, 0) is 106 Å². The van der Waals surface area contributed by atoms with Crippen molar-refractivity contribution in [3.8, 4) is 0 Å². The van der Waals surface area contributed by atoms with Gasteiger partial charge in [-0.1, -0.05) is 24.3 Å². The Hall–Kier alpha value is -4.12. The van der Waals surface area contributed by atoms with Crippen molar-refractivity contribution >= 4 is 34.6 Å². The molecule has 4 aliphatic heterocycles. The first-order chi connectivity index (χ1) is 22.8.